The average Bonchev–Trinajstić information content (AvgIpc) is 3.32. The van der Waals surface area contributed by atoms with Crippen LogP contribution in [-0.2, 0) is 10.2 Å². The normalized spacial score (nSPS) is 23.1. The number of hydrogen-bond donors (Lipinski definition) is 2. The molecule has 2 N–H and O–H groups in total. The van der Waals surface area contributed by atoms with Crippen LogP contribution in [0.2, 0.25) is 0 Å². The molecule has 5 heteroatoms. The zero-order chi connectivity index (χ0) is 24.5. The number of carbonyl (C=O) groups excluding carboxylic acids is 1. The van der Waals surface area contributed by atoms with Crippen LogP contribution in [0.4, 0.5) is 10.1 Å². The van der Waals surface area contributed by atoms with Crippen LogP contribution in [-0.4, -0.2) is 28.5 Å². The van der Waals surface area contributed by atoms with Crippen molar-refractivity contribution in [2.75, 3.05) is 11.9 Å². The number of anilines is 1. The number of likely N-dealkylation sites (tertiary alicyclic amines) is 1. The van der Waals surface area contributed by atoms with Gasteiger partial charge in [-0.25, -0.2) is 4.39 Å². The topological polar surface area (TPSA) is 52.6 Å². The van der Waals surface area contributed by atoms with Gasteiger partial charge >= 0.3 is 0 Å². The molecular formula is C29H39FN2O2. The Labute approximate surface area is 203 Å². The number of carbonyl (C=O) groups is 1. The molecule has 1 aliphatic heterocycles. The van der Waals surface area contributed by atoms with Crippen LogP contribution >= 0.6 is 0 Å². The monoisotopic (exact) mass is 466 g/mol. The third-order valence-electron chi connectivity index (χ3n) is 7.79. The lowest BCUT2D eigenvalue weighted by molar-refractivity contribution is -0.131. The van der Waals surface area contributed by atoms with E-state index in [4.69, 9.17) is 0 Å². The summed E-state index contributed by atoms with van der Waals surface area (Å²) in [5, 5.41) is 14.6. The van der Waals surface area contributed by atoms with Crippen LogP contribution in [0, 0.1) is 24.6 Å². The molecule has 4 nitrogen and oxygen atoms in total. The highest BCUT2D eigenvalue weighted by atomic mass is 19.1. The first-order chi connectivity index (χ1) is 16.2. The lowest BCUT2D eigenvalue weighted by Crippen LogP contribution is -2.53. The molecule has 2 aromatic carbocycles. The molecule has 0 radical (unpaired) electrons. The SMILES string of the molecule is Cc1cccc(F)c1C(O)N1CCCC(C(=O)Nc2cccc(C(C)(C)C)c2)C1C1CCCC1. The summed E-state index contributed by atoms with van der Waals surface area (Å²) in [5.74, 6) is -0.288. The van der Waals surface area contributed by atoms with Gasteiger partial charge < -0.3 is 10.4 Å². The molecule has 0 spiro atoms. The molecule has 1 aliphatic carbocycles. The molecule has 0 bridgehead atoms. The van der Waals surface area contributed by atoms with Crippen LogP contribution in [0.3, 0.4) is 0 Å². The summed E-state index contributed by atoms with van der Waals surface area (Å²) in [5.41, 5.74) is 3.06. The Morgan fingerprint density at radius 1 is 1.09 bits per heavy atom. The van der Waals surface area contributed by atoms with Crippen molar-refractivity contribution in [3.8, 4) is 0 Å². The number of aliphatic hydroxyl groups is 1. The smallest absolute Gasteiger partial charge is 0.229 e. The molecule has 2 aliphatic rings. The van der Waals surface area contributed by atoms with Crippen LogP contribution in [0.25, 0.3) is 0 Å². The number of halogens is 1. The van der Waals surface area contributed by atoms with Crippen molar-refractivity contribution in [1.29, 1.82) is 0 Å². The first kappa shape index (κ1) is 24.9. The van der Waals surface area contributed by atoms with Crippen molar-refractivity contribution in [3.63, 3.8) is 0 Å². The van der Waals surface area contributed by atoms with Crippen LogP contribution in [0.15, 0.2) is 42.5 Å². The standard InChI is InChI=1S/C29H39FN2O2/c1-19-10-7-16-24(30)25(19)28(34)32-17-9-15-23(26(32)20-11-5-6-12-20)27(33)31-22-14-8-13-21(18-22)29(2,3)4/h7-8,10,13-14,16,18,20,23,26,28,34H,5-6,9,11-12,15,17H2,1-4H3,(H,31,33). The van der Waals surface area contributed by atoms with Gasteiger partial charge in [0.15, 0.2) is 0 Å². The number of aryl methyl sites for hydroxylation is 1. The number of piperidine rings is 1. The lowest BCUT2D eigenvalue weighted by Gasteiger charge is -2.46. The van der Waals surface area contributed by atoms with Gasteiger partial charge in [0.05, 0.1) is 5.92 Å². The maximum absolute atomic E-state index is 14.8. The van der Waals surface area contributed by atoms with Crippen molar-refractivity contribution in [1.82, 2.24) is 4.90 Å². The Bertz CT molecular complexity index is 989. The van der Waals surface area contributed by atoms with Crippen molar-refractivity contribution in [3.05, 3.63) is 65.0 Å². The molecule has 1 saturated heterocycles. The first-order valence-electron chi connectivity index (χ1n) is 12.8. The van der Waals surface area contributed by atoms with Crippen molar-refractivity contribution < 1.29 is 14.3 Å². The van der Waals surface area contributed by atoms with Gasteiger partial charge in [0.1, 0.15) is 12.0 Å². The highest BCUT2D eigenvalue weighted by molar-refractivity contribution is 5.93. The van der Waals surface area contributed by atoms with E-state index in [1.165, 1.54) is 11.6 Å². The summed E-state index contributed by atoms with van der Waals surface area (Å²) in [4.78, 5) is 15.7. The second-order valence-electron chi connectivity index (χ2n) is 11.2. The largest absolute Gasteiger partial charge is 0.374 e. The molecule has 0 aromatic heterocycles. The molecular weight excluding hydrogens is 427 g/mol. The summed E-state index contributed by atoms with van der Waals surface area (Å²) in [6.45, 7) is 8.99. The molecule has 2 fully saturated rings. The minimum Gasteiger partial charge on any atom is -0.374 e. The number of hydrogen-bond acceptors (Lipinski definition) is 3. The number of aliphatic hydroxyl groups excluding tert-OH is 1. The Kier molecular flexibility index (Phi) is 7.44. The lowest BCUT2D eigenvalue weighted by atomic mass is 9.79. The van der Waals surface area contributed by atoms with E-state index in [2.05, 4.69) is 38.2 Å². The molecule has 34 heavy (non-hydrogen) atoms. The van der Waals surface area contributed by atoms with E-state index in [9.17, 15) is 14.3 Å². The van der Waals surface area contributed by atoms with Crippen molar-refractivity contribution in [2.24, 2.45) is 11.8 Å². The predicted molar refractivity (Wildman–Crippen MR) is 135 cm³/mol. The zero-order valence-corrected chi connectivity index (χ0v) is 21.0. The van der Waals surface area contributed by atoms with Crippen molar-refractivity contribution >= 4 is 11.6 Å². The number of benzene rings is 2. The fraction of sp³-hybridized carbons (Fsp3) is 0.552. The molecule has 1 saturated carbocycles. The zero-order valence-electron chi connectivity index (χ0n) is 21.0. The summed E-state index contributed by atoms with van der Waals surface area (Å²) < 4.78 is 14.8. The summed E-state index contributed by atoms with van der Waals surface area (Å²) in [6.07, 6.45) is 4.92. The Morgan fingerprint density at radius 2 is 1.79 bits per heavy atom. The van der Waals surface area contributed by atoms with Crippen LogP contribution in [0.1, 0.15) is 82.2 Å². The fourth-order valence-electron chi connectivity index (χ4n) is 5.95. The molecule has 4 rings (SSSR count). The van der Waals surface area contributed by atoms with Gasteiger partial charge in [0.2, 0.25) is 5.91 Å². The van der Waals surface area contributed by atoms with E-state index >= 15 is 0 Å². The Balaban J connectivity index is 1.62. The maximum atomic E-state index is 14.8. The summed E-state index contributed by atoms with van der Waals surface area (Å²) in [7, 11) is 0. The number of rotatable bonds is 5. The first-order valence-corrected chi connectivity index (χ1v) is 12.8. The van der Waals surface area contributed by atoms with Gasteiger partial charge in [-0.2, -0.15) is 0 Å². The molecule has 1 amide bonds. The molecule has 184 valence electrons. The molecule has 2 aromatic rings. The average molecular weight is 467 g/mol. The minimum absolute atomic E-state index is 0.00349. The third kappa shape index (κ3) is 5.21. The highest BCUT2D eigenvalue weighted by Crippen LogP contribution is 2.42. The van der Waals surface area contributed by atoms with Gasteiger partial charge in [-0.3, -0.25) is 9.69 Å². The molecule has 3 unspecified atom stereocenters. The third-order valence-corrected chi connectivity index (χ3v) is 7.79. The van der Waals surface area contributed by atoms with E-state index in [0.717, 1.165) is 49.8 Å². The molecule has 1 heterocycles. The van der Waals surface area contributed by atoms with Gasteiger partial charge in [-0.15, -0.1) is 0 Å². The quantitative estimate of drug-likeness (QED) is 0.541. The predicted octanol–water partition coefficient (Wildman–Crippen LogP) is 6.33. The van der Waals surface area contributed by atoms with Crippen LogP contribution in [0.5, 0.6) is 0 Å². The second-order valence-corrected chi connectivity index (χ2v) is 11.2. The second kappa shape index (κ2) is 10.2. The van der Waals surface area contributed by atoms with Crippen LogP contribution < -0.4 is 5.32 Å². The minimum atomic E-state index is -1.05. The van der Waals surface area contributed by atoms with Gasteiger partial charge in [-0.1, -0.05) is 57.9 Å². The van der Waals surface area contributed by atoms with Gasteiger partial charge in [0.25, 0.3) is 0 Å². The number of nitrogens with zero attached hydrogens (tertiary/aromatic N) is 1. The molecule has 3 atom stereocenters. The number of nitrogens with one attached hydrogen (secondary N) is 1. The highest BCUT2D eigenvalue weighted by Gasteiger charge is 2.44. The summed E-state index contributed by atoms with van der Waals surface area (Å²) >= 11 is 0. The van der Waals surface area contributed by atoms with E-state index in [-0.39, 0.29) is 29.1 Å². The fourth-order valence-corrected chi connectivity index (χ4v) is 5.95. The van der Waals surface area contributed by atoms with E-state index < -0.39 is 6.23 Å². The Hall–Kier alpha value is -2.24. The van der Waals surface area contributed by atoms with E-state index in [1.807, 2.05) is 30.0 Å². The van der Waals surface area contributed by atoms with Crippen molar-refractivity contribution in [2.45, 2.75) is 83.9 Å². The number of amides is 1. The Morgan fingerprint density at radius 3 is 2.47 bits per heavy atom. The maximum Gasteiger partial charge on any atom is 0.229 e. The van der Waals surface area contributed by atoms with Gasteiger partial charge in [-0.05, 0) is 73.3 Å². The van der Waals surface area contributed by atoms with E-state index in [0.29, 0.717) is 18.0 Å². The summed E-state index contributed by atoms with van der Waals surface area (Å²) in [6, 6.07) is 12.9. The van der Waals surface area contributed by atoms with Gasteiger partial charge in [0, 0.05) is 23.8 Å². The van der Waals surface area contributed by atoms with E-state index in [1.54, 1.807) is 6.07 Å².